The lowest BCUT2D eigenvalue weighted by molar-refractivity contribution is -0.115. The molecule has 2 heterocycles. The second kappa shape index (κ2) is 7.31. The van der Waals surface area contributed by atoms with Gasteiger partial charge < -0.3 is 15.1 Å². The number of benzene rings is 1. The van der Waals surface area contributed by atoms with Gasteiger partial charge in [-0.25, -0.2) is 4.98 Å². The molecule has 128 valence electrons. The molecule has 2 N–H and O–H groups in total. The fourth-order valence-electron chi connectivity index (χ4n) is 2.18. The highest BCUT2D eigenvalue weighted by molar-refractivity contribution is 7.14. The molecule has 0 saturated carbocycles. The summed E-state index contributed by atoms with van der Waals surface area (Å²) in [5.41, 5.74) is 4.23. The Morgan fingerprint density at radius 3 is 2.76 bits per heavy atom. The number of anilines is 1. The van der Waals surface area contributed by atoms with Crippen LogP contribution in [0.2, 0.25) is 0 Å². The van der Waals surface area contributed by atoms with Crippen molar-refractivity contribution in [1.82, 2.24) is 10.3 Å². The highest BCUT2D eigenvalue weighted by atomic mass is 32.1. The summed E-state index contributed by atoms with van der Waals surface area (Å²) in [6.07, 6.45) is 1.40. The van der Waals surface area contributed by atoms with Gasteiger partial charge in [0.25, 0.3) is 5.91 Å². The quantitative estimate of drug-likeness (QED) is 0.735. The summed E-state index contributed by atoms with van der Waals surface area (Å²) in [7, 11) is 0. The van der Waals surface area contributed by atoms with E-state index in [2.05, 4.69) is 35.5 Å². The molecule has 0 unspecified atom stereocenters. The minimum atomic E-state index is -0.435. The first-order valence-corrected chi connectivity index (χ1v) is 8.55. The highest BCUT2D eigenvalue weighted by Gasteiger charge is 2.12. The second-order valence-corrected chi connectivity index (χ2v) is 6.40. The van der Waals surface area contributed by atoms with E-state index in [0.717, 1.165) is 11.3 Å². The summed E-state index contributed by atoms with van der Waals surface area (Å²) in [5, 5.41) is 7.55. The Bertz CT molecular complexity index is 900. The summed E-state index contributed by atoms with van der Waals surface area (Å²) in [6, 6.07) is 9.27. The van der Waals surface area contributed by atoms with Gasteiger partial charge in [0.1, 0.15) is 0 Å². The number of amides is 2. The van der Waals surface area contributed by atoms with Crippen molar-refractivity contribution < 1.29 is 14.0 Å². The number of hydrogen-bond acceptors (Lipinski definition) is 5. The average Bonchev–Trinajstić information content (AvgIpc) is 3.27. The van der Waals surface area contributed by atoms with E-state index in [0.29, 0.717) is 5.13 Å². The summed E-state index contributed by atoms with van der Waals surface area (Å²) in [5.74, 6) is -0.616. The van der Waals surface area contributed by atoms with Gasteiger partial charge in [-0.2, -0.15) is 0 Å². The standard InChI is InChI=1S/C18H17N3O3S/c1-11-5-6-13(8-12(11)2)14-10-25-18(20-14)21-16(22)9-19-17(23)15-4-3-7-24-15/h3-8,10H,9H2,1-2H3,(H,19,23)(H,20,21,22). The van der Waals surface area contributed by atoms with E-state index in [9.17, 15) is 9.59 Å². The van der Waals surface area contributed by atoms with E-state index < -0.39 is 5.91 Å². The van der Waals surface area contributed by atoms with Crippen LogP contribution >= 0.6 is 11.3 Å². The van der Waals surface area contributed by atoms with Crippen LogP contribution in [0.1, 0.15) is 21.7 Å². The number of thiazole rings is 1. The first kappa shape index (κ1) is 16.9. The lowest BCUT2D eigenvalue weighted by Crippen LogP contribution is -2.32. The molecule has 0 bridgehead atoms. The van der Waals surface area contributed by atoms with Gasteiger partial charge in [0.15, 0.2) is 10.9 Å². The van der Waals surface area contributed by atoms with Crippen molar-refractivity contribution in [3.63, 3.8) is 0 Å². The maximum atomic E-state index is 11.9. The molecule has 0 fully saturated rings. The van der Waals surface area contributed by atoms with Gasteiger partial charge in [0.05, 0.1) is 18.5 Å². The zero-order valence-electron chi connectivity index (χ0n) is 13.8. The van der Waals surface area contributed by atoms with Crippen LogP contribution < -0.4 is 10.6 Å². The van der Waals surface area contributed by atoms with Crippen LogP contribution in [0.3, 0.4) is 0 Å². The fourth-order valence-corrected chi connectivity index (χ4v) is 2.92. The molecule has 0 spiro atoms. The third-order valence-electron chi connectivity index (χ3n) is 3.71. The molecule has 2 amide bonds. The normalized spacial score (nSPS) is 10.5. The lowest BCUT2D eigenvalue weighted by atomic mass is 10.1. The molecule has 2 aromatic heterocycles. The van der Waals surface area contributed by atoms with E-state index in [1.54, 1.807) is 6.07 Å². The molecule has 1 aromatic carbocycles. The molecule has 3 rings (SSSR count). The number of aryl methyl sites for hydroxylation is 2. The fraction of sp³-hybridized carbons (Fsp3) is 0.167. The van der Waals surface area contributed by atoms with Gasteiger partial charge in [-0.05, 0) is 43.2 Å². The molecule has 3 aromatic rings. The molecule has 0 atom stereocenters. The van der Waals surface area contributed by atoms with Crippen molar-refractivity contribution in [2.24, 2.45) is 0 Å². The monoisotopic (exact) mass is 355 g/mol. The molecule has 0 radical (unpaired) electrons. The summed E-state index contributed by atoms with van der Waals surface area (Å²) < 4.78 is 4.96. The van der Waals surface area contributed by atoms with Crippen molar-refractivity contribution in [2.45, 2.75) is 13.8 Å². The van der Waals surface area contributed by atoms with Crippen molar-refractivity contribution in [2.75, 3.05) is 11.9 Å². The minimum absolute atomic E-state index is 0.155. The highest BCUT2D eigenvalue weighted by Crippen LogP contribution is 2.26. The van der Waals surface area contributed by atoms with E-state index in [1.165, 1.54) is 34.8 Å². The number of carbonyl (C=O) groups excluding carboxylic acids is 2. The zero-order chi connectivity index (χ0) is 17.8. The first-order valence-electron chi connectivity index (χ1n) is 7.67. The predicted molar refractivity (Wildman–Crippen MR) is 96.7 cm³/mol. The number of nitrogens with one attached hydrogen (secondary N) is 2. The molecular formula is C18H17N3O3S. The van der Waals surface area contributed by atoms with Crippen molar-refractivity contribution in [1.29, 1.82) is 0 Å². The largest absolute Gasteiger partial charge is 0.459 e. The maximum Gasteiger partial charge on any atom is 0.287 e. The topological polar surface area (TPSA) is 84.2 Å². The molecule has 25 heavy (non-hydrogen) atoms. The number of hydrogen-bond donors (Lipinski definition) is 2. The number of rotatable bonds is 5. The Morgan fingerprint density at radius 2 is 2.04 bits per heavy atom. The van der Waals surface area contributed by atoms with Gasteiger partial charge in [-0.1, -0.05) is 12.1 Å². The third-order valence-corrected chi connectivity index (χ3v) is 4.47. The maximum absolute atomic E-state index is 11.9. The van der Waals surface area contributed by atoms with Crippen LogP contribution in [0.5, 0.6) is 0 Å². The van der Waals surface area contributed by atoms with Crippen LogP contribution in [0.25, 0.3) is 11.3 Å². The Balaban J connectivity index is 1.58. The predicted octanol–water partition coefficient (Wildman–Crippen LogP) is 3.39. The van der Waals surface area contributed by atoms with Gasteiger partial charge in [0, 0.05) is 10.9 Å². The number of aromatic nitrogens is 1. The number of furan rings is 1. The second-order valence-electron chi connectivity index (χ2n) is 5.55. The number of carbonyl (C=O) groups is 2. The SMILES string of the molecule is Cc1ccc(-c2csc(NC(=O)CNC(=O)c3ccco3)n2)cc1C. The van der Waals surface area contributed by atoms with Crippen LogP contribution in [-0.4, -0.2) is 23.3 Å². The average molecular weight is 355 g/mol. The molecule has 0 saturated heterocycles. The van der Waals surface area contributed by atoms with Gasteiger partial charge >= 0.3 is 0 Å². The molecule has 7 heteroatoms. The van der Waals surface area contributed by atoms with E-state index in [4.69, 9.17) is 4.42 Å². The van der Waals surface area contributed by atoms with Crippen molar-refractivity contribution in [3.8, 4) is 11.3 Å². The smallest absolute Gasteiger partial charge is 0.287 e. The molecule has 0 aliphatic carbocycles. The lowest BCUT2D eigenvalue weighted by Gasteiger charge is -2.04. The molecule has 0 aliphatic rings. The summed E-state index contributed by atoms with van der Waals surface area (Å²) in [6.45, 7) is 3.95. The van der Waals surface area contributed by atoms with Crippen LogP contribution in [0.4, 0.5) is 5.13 Å². The van der Waals surface area contributed by atoms with Gasteiger partial charge in [-0.15, -0.1) is 11.3 Å². The van der Waals surface area contributed by atoms with E-state index >= 15 is 0 Å². The number of nitrogens with zero attached hydrogens (tertiary/aromatic N) is 1. The first-order chi connectivity index (χ1) is 12.0. The van der Waals surface area contributed by atoms with Crippen LogP contribution in [0, 0.1) is 13.8 Å². The van der Waals surface area contributed by atoms with E-state index in [1.807, 2.05) is 17.5 Å². The molecule has 0 aliphatic heterocycles. The van der Waals surface area contributed by atoms with Crippen LogP contribution in [0.15, 0.2) is 46.4 Å². The Kier molecular flexibility index (Phi) is 4.95. The summed E-state index contributed by atoms with van der Waals surface area (Å²) in [4.78, 5) is 28.1. The van der Waals surface area contributed by atoms with Crippen molar-refractivity contribution in [3.05, 3.63) is 58.9 Å². The Hall–Kier alpha value is -2.93. The van der Waals surface area contributed by atoms with Gasteiger partial charge in [0.2, 0.25) is 5.91 Å². The zero-order valence-corrected chi connectivity index (χ0v) is 14.6. The third kappa shape index (κ3) is 4.13. The molecule has 6 nitrogen and oxygen atoms in total. The van der Waals surface area contributed by atoms with Crippen molar-refractivity contribution >= 4 is 28.3 Å². The molecular weight excluding hydrogens is 338 g/mol. The Morgan fingerprint density at radius 1 is 1.20 bits per heavy atom. The summed E-state index contributed by atoms with van der Waals surface area (Å²) >= 11 is 1.34. The van der Waals surface area contributed by atoms with E-state index in [-0.39, 0.29) is 18.2 Å². The minimum Gasteiger partial charge on any atom is -0.459 e. The van der Waals surface area contributed by atoms with Gasteiger partial charge in [-0.3, -0.25) is 9.59 Å². The Labute approximate surface area is 148 Å². The van der Waals surface area contributed by atoms with Crippen LogP contribution in [-0.2, 0) is 4.79 Å².